The molecule has 0 bridgehead atoms. The molecule has 0 aromatic heterocycles. The first-order valence-corrected chi connectivity index (χ1v) is 25.5. The smallest absolute Gasteiger partial charge is 0.269 e. The lowest BCUT2D eigenvalue weighted by molar-refractivity contribution is -0.384. The number of aliphatic hydroxyl groups is 5. The van der Waals surface area contributed by atoms with Gasteiger partial charge in [-0.2, -0.15) is 11.8 Å². The van der Waals surface area contributed by atoms with Gasteiger partial charge in [-0.1, -0.05) is 41.9 Å². The zero-order valence-electron chi connectivity index (χ0n) is 33.6. The van der Waals surface area contributed by atoms with Gasteiger partial charge in [0.15, 0.2) is 0 Å². The average Bonchev–Trinajstić information content (AvgIpc) is 3.59. The molecular formula is C37H62N4O12S5. The minimum atomic E-state index is -1.40. The molecule has 332 valence electrons. The van der Waals surface area contributed by atoms with Crippen LogP contribution in [0.5, 0.6) is 0 Å². The van der Waals surface area contributed by atoms with Gasteiger partial charge in [-0.25, -0.2) is 0 Å². The van der Waals surface area contributed by atoms with Crippen LogP contribution in [-0.4, -0.2) is 182 Å². The lowest BCUT2D eigenvalue weighted by atomic mass is 9.92. The maximum atomic E-state index is 13.6. The molecule has 2 aliphatic rings. The average molecular weight is 915 g/mol. The Hall–Kier alpha value is -1.05. The third-order valence-electron chi connectivity index (χ3n) is 9.93. The van der Waals surface area contributed by atoms with E-state index in [1.807, 2.05) is 14.0 Å². The number of thioether (sulfide) groups is 3. The summed E-state index contributed by atoms with van der Waals surface area (Å²) in [5.41, 5.74) is -0.518. The van der Waals surface area contributed by atoms with Gasteiger partial charge in [0.1, 0.15) is 36.0 Å². The molecule has 1 aromatic carbocycles. The molecule has 3 rings (SSSR count). The monoisotopic (exact) mass is 914 g/mol. The van der Waals surface area contributed by atoms with Crippen molar-refractivity contribution < 1.29 is 54.3 Å². The number of carbonyl (C=O) groups excluding carboxylic acids is 2. The predicted octanol–water partition coefficient (Wildman–Crippen LogP) is 2.15. The van der Waals surface area contributed by atoms with Gasteiger partial charge in [0.2, 0.25) is 11.8 Å². The number of hydrogen-bond acceptors (Lipinski definition) is 18. The van der Waals surface area contributed by atoms with E-state index in [9.17, 15) is 45.2 Å². The molecule has 0 saturated carbocycles. The molecular weight excluding hydrogens is 853 g/mol. The Morgan fingerprint density at radius 3 is 2.24 bits per heavy atom. The van der Waals surface area contributed by atoms with Crippen LogP contribution in [0.25, 0.3) is 0 Å². The fraction of sp³-hybridized carbons (Fsp3) is 0.784. The van der Waals surface area contributed by atoms with Gasteiger partial charge >= 0.3 is 0 Å². The number of ether oxygens (including phenoxy) is 3. The molecule has 1 aromatic rings. The van der Waals surface area contributed by atoms with E-state index in [0.717, 1.165) is 37.3 Å². The number of nitrogens with zero attached hydrogens (tertiary/aromatic N) is 2. The number of amides is 2. The number of nitrogens with one attached hydrogen (secondary N) is 2. The molecule has 2 fully saturated rings. The second-order valence-electron chi connectivity index (χ2n) is 14.2. The highest BCUT2D eigenvalue weighted by Crippen LogP contribution is 2.33. The summed E-state index contributed by atoms with van der Waals surface area (Å²) in [5.74, 6) is 2.90. The highest BCUT2D eigenvalue weighted by molar-refractivity contribution is 8.76. The van der Waals surface area contributed by atoms with Crippen molar-refractivity contribution in [2.75, 3.05) is 81.6 Å². The number of aliphatic hydroxyl groups excluding tert-OH is 5. The maximum Gasteiger partial charge on any atom is 0.269 e. The number of nitro groups is 1. The third kappa shape index (κ3) is 16.7. The minimum Gasteiger partial charge on any atom is -0.394 e. The van der Waals surface area contributed by atoms with Gasteiger partial charge in [0.05, 0.1) is 61.8 Å². The third-order valence-corrected chi connectivity index (χ3v) is 15.3. The zero-order valence-corrected chi connectivity index (χ0v) is 37.7. The van der Waals surface area contributed by atoms with Crippen LogP contribution in [0.1, 0.15) is 44.8 Å². The Morgan fingerprint density at radius 1 is 1.00 bits per heavy atom. The van der Waals surface area contributed by atoms with Gasteiger partial charge in [-0.15, -0.1) is 23.5 Å². The number of likely N-dealkylation sites (tertiary alicyclic amines) is 1. The Balaban J connectivity index is 1.27. The molecule has 2 amide bonds. The maximum absolute atomic E-state index is 13.6. The van der Waals surface area contributed by atoms with Gasteiger partial charge in [-0.3, -0.25) is 24.6 Å². The van der Waals surface area contributed by atoms with Crippen LogP contribution in [0.3, 0.4) is 0 Å². The van der Waals surface area contributed by atoms with Gasteiger partial charge in [0, 0.05) is 46.9 Å². The van der Waals surface area contributed by atoms with Crippen LogP contribution in [-0.2, 0) is 23.8 Å². The normalized spacial score (nSPS) is 25.8. The zero-order chi connectivity index (χ0) is 42.6. The number of hydrogen-bond donors (Lipinski definition) is 7. The Morgan fingerprint density at radius 2 is 1.64 bits per heavy atom. The first kappa shape index (κ1) is 51.3. The SMILES string of the molecule is CCC[C@@H]1C[C@@H](C(=O)NC([C@H]2O[C@H](SC)[C@H](O)[C@@H](O)[C@H]2O)[C@@H](C)SCCOCCSSCCOCCSCC(=O)N[C@H](CO)[C@H](O)c2ccc([N+](=O)[O-])cc2)N(C)C1. The minimum absolute atomic E-state index is 0.121. The van der Waals surface area contributed by atoms with Gasteiger partial charge < -0.3 is 50.4 Å². The Bertz CT molecular complexity index is 1360. The molecule has 2 aliphatic heterocycles. The number of likely N-dealkylation sites (N-methyl/N-ethyl adjacent to an activating group) is 1. The molecule has 0 radical (unpaired) electrons. The van der Waals surface area contributed by atoms with Crippen LogP contribution < -0.4 is 10.6 Å². The van der Waals surface area contributed by atoms with Crippen LogP contribution in [0.15, 0.2) is 24.3 Å². The van der Waals surface area contributed by atoms with Crippen molar-refractivity contribution >= 4 is 74.4 Å². The number of carbonyl (C=O) groups is 2. The molecule has 0 aliphatic carbocycles. The summed E-state index contributed by atoms with van der Waals surface area (Å²) < 4.78 is 17.6. The molecule has 7 N–H and O–H groups in total. The second-order valence-corrected chi connectivity index (χ2v) is 20.4. The van der Waals surface area contributed by atoms with Crippen molar-refractivity contribution in [3.05, 3.63) is 39.9 Å². The van der Waals surface area contributed by atoms with Crippen molar-refractivity contribution in [3.63, 3.8) is 0 Å². The first-order valence-electron chi connectivity index (χ1n) is 19.5. The van der Waals surface area contributed by atoms with Crippen LogP contribution >= 0.6 is 56.9 Å². The first-order chi connectivity index (χ1) is 27.8. The number of benzene rings is 1. The molecule has 2 saturated heterocycles. The summed E-state index contributed by atoms with van der Waals surface area (Å²) in [4.78, 5) is 38.3. The predicted molar refractivity (Wildman–Crippen MR) is 234 cm³/mol. The van der Waals surface area contributed by atoms with Crippen LogP contribution in [0.4, 0.5) is 5.69 Å². The molecule has 1 unspecified atom stereocenters. The summed E-state index contributed by atoms with van der Waals surface area (Å²) >= 11 is 4.20. The van der Waals surface area contributed by atoms with Gasteiger partial charge in [-0.05, 0) is 49.8 Å². The fourth-order valence-corrected chi connectivity index (χ4v) is 10.9. The number of non-ortho nitro benzene ring substituents is 1. The Kier molecular flexibility index (Phi) is 24.6. The van der Waals surface area contributed by atoms with E-state index in [1.165, 1.54) is 47.8 Å². The summed E-state index contributed by atoms with van der Waals surface area (Å²) in [6, 6.07) is 3.44. The summed E-state index contributed by atoms with van der Waals surface area (Å²) in [7, 11) is 5.32. The molecule has 2 heterocycles. The highest BCUT2D eigenvalue weighted by atomic mass is 33.1. The van der Waals surface area contributed by atoms with Gasteiger partial charge in [0.25, 0.3) is 5.69 Å². The fourth-order valence-electron chi connectivity index (χ4n) is 6.81. The van der Waals surface area contributed by atoms with Crippen LogP contribution in [0, 0.1) is 16.0 Å². The lowest BCUT2D eigenvalue weighted by Crippen LogP contribution is -2.65. The summed E-state index contributed by atoms with van der Waals surface area (Å²) in [6.45, 7) is 6.54. The number of rotatable bonds is 28. The largest absolute Gasteiger partial charge is 0.394 e. The van der Waals surface area contributed by atoms with Crippen molar-refractivity contribution in [3.8, 4) is 0 Å². The van der Waals surface area contributed by atoms with E-state index in [1.54, 1.807) is 39.6 Å². The quantitative estimate of drug-likeness (QED) is 0.0276. The molecule has 58 heavy (non-hydrogen) atoms. The van der Waals surface area contributed by atoms with Crippen molar-refractivity contribution in [1.82, 2.24) is 15.5 Å². The molecule has 16 nitrogen and oxygen atoms in total. The van der Waals surface area contributed by atoms with E-state index < -0.39 is 59.6 Å². The molecule has 21 heteroatoms. The Labute approximate surface area is 362 Å². The standard InChI is InChI=1S/C37H62N4O12S5/c1-5-6-24-19-28(40(3)20-24)36(48)39-30(35-33(46)32(45)34(47)37(53-35)54-4)23(2)56-16-12-52-14-18-58-57-17-13-51-11-15-55-22-29(43)38-27(21-42)31(44)25-7-9-26(10-8-25)41(49)50/h7-10,23-24,27-28,30-35,37,42,44-47H,5-6,11-22H2,1-4H3,(H,38,43)(H,39,48)/t23-,24-,27-,28+,30?,31-,32+,33-,34-,35-,37-/m1/s1. The number of nitro benzene ring substituents is 1. The van der Waals surface area contributed by atoms with E-state index in [0.29, 0.717) is 49.4 Å². The van der Waals surface area contributed by atoms with E-state index in [-0.39, 0.29) is 34.5 Å². The van der Waals surface area contributed by atoms with E-state index in [4.69, 9.17) is 14.2 Å². The van der Waals surface area contributed by atoms with Crippen molar-refractivity contribution in [2.24, 2.45) is 5.92 Å². The van der Waals surface area contributed by atoms with Crippen molar-refractivity contribution in [1.29, 1.82) is 0 Å². The van der Waals surface area contributed by atoms with E-state index in [2.05, 4.69) is 22.5 Å². The second kappa shape index (κ2) is 27.8. The molecule has 0 spiro atoms. The summed E-state index contributed by atoms with van der Waals surface area (Å²) in [5, 5.41) is 68.7. The van der Waals surface area contributed by atoms with Crippen LogP contribution in [0.2, 0.25) is 0 Å². The van der Waals surface area contributed by atoms with Crippen molar-refractivity contribution in [2.45, 2.75) is 92.4 Å². The van der Waals surface area contributed by atoms with E-state index >= 15 is 0 Å². The summed E-state index contributed by atoms with van der Waals surface area (Å²) in [6.07, 6.45) is -1.50. The highest BCUT2D eigenvalue weighted by Gasteiger charge is 2.48. The topological polar surface area (TPSA) is 233 Å². The molecule has 11 atom stereocenters. The lowest BCUT2D eigenvalue weighted by Gasteiger charge is -2.44.